The summed E-state index contributed by atoms with van der Waals surface area (Å²) in [7, 11) is 0. The number of carbonyl (C=O) groups excluding carboxylic acids is 1. The zero-order valence-corrected chi connectivity index (χ0v) is 18.9. The lowest BCUT2D eigenvalue weighted by Crippen LogP contribution is -2.43. The molecule has 1 saturated heterocycles. The average molecular weight is 457 g/mol. The maximum absolute atomic E-state index is 12.7. The van der Waals surface area contributed by atoms with Crippen LogP contribution in [0, 0.1) is 6.92 Å². The Kier molecular flexibility index (Phi) is 6.29. The molecule has 9 nitrogen and oxygen atoms in total. The van der Waals surface area contributed by atoms with Gasteiger partial charge in [-0.25, -0.2) is 4.98 Å². The molecule has 0 saturated carbocycles. The smallest absolute Gasteiger partial charge is 0.274 e. The average Bonchev–Trinajstić information content (AvgIpc) is 3.22. The Morgan fingerprint density at radius 1 is 1.12 bits per heavy atom. The molecule has 10 heteroatoms. The van der Waals surface area contributed by atoms with Crippen LogP contribution in [0.5, 0.6) is 0 Å². The van der Waals surface area contributed by atoms with Crippen LogP contribution in [-0.2, 0) is 10.3 Å². The van der Waals surface area contributed by atoms with Gasteiger partial charge in [0.05, 0.1) is 24.4 Å². The van der Waals surface area contributed by atoms with Gasteiger partial charge in [0.2, 0.25) is 5.95 Å². The monoisotopic (exact) mass is 456 g/mol. The molecule has 1 aromatic carbocycles. The summed E-state index contributed by atoms with van der Waals surface area (Å²) in [5.74, 6) is 1.41. The van der Waals surface area contributed by atoms with Crippen LogP contribution in [0.2, 0.25) is 5.02 Å². The Morgan fingerprint density at radius 3 is 2.50 bits per heavy atom. The van der Waals surface area contributed by atoms with E-state index in [-0.39, 0.29) is 11.6 Å². The maximum atomic E-state index is 12.7. The van der Waals surface area contributed by atoms with E-state index in [0.29, 0.717) is 54.5 Å². The first-order valence-corrected chi connectivity index (χ1v) is 10.7. The van der Waals surface area contributed by atoms with Crippen molar-refractivity contribution in [3.8, 4) is 0 Å². The van der Waals surface area contributed by atoms with E-state index in [1.807, 2.05) is 32.0 Å². The quantitative estimate of drug-likeness (QED) is 0.578. The highest BCUT2D eigenvalue weighted by Crippen LogP contribution is 2.26. The molecule has 0 radical (unpaired) electrons. The van der Waals surface area contributed by atoms with Crippen molar-refractivity contribution in [2.24, 2.45) is 0 Å². The highest BCUT2D eigenvalue weighted by molar-refractivity contribution is 6.30. The van der Waals surface area contributed by atoms with Crippen molar-refractivity contribution in [2.75, 3.05) is 36.5 Å². The zero-order valence-electron chi connectivity index (χ0n) is 18.2. The number of hydrogen-bond donors (Lipinski definition) is 2. The third-order valence-electron chi connectivity index (χ3n) is 5.05. The molecule has 3 heterocycles. The van der Waals surface area contributed by atoms with Gasteiger partial charge in [0.25, 0.3) is 5.91 Å². The molecule has 0 atom stereocenters. The van der Waals surface area contributed by atoms with Gasteiger partial charge in [-0.1, -0.05) is 16.8 Å². The fourth-order valence-electron chi connectivity index (χ4n) is 3.29. The molecule has 1 amide bonds. The van der Waals surface area contributed by atoms with Crippen LogP contribution in [0.3, 0.4) is 0 Å². The third kappa shape index (κ3) is 5.17. The van der Waals surface area contributed by atoms with Gasteiger partial charge in [-0.15, -0.1) is 0 Å². The Balaban J connectivity index is 1.65. The molecule has 1 aliphatic heterocycles. The van der Waals surface area contributed by atoms with Crippen molar-refractivity contribution in [1.82, 2.24) is 20.4 Å². The lowest BCUT2D eigenvalue weighted by Gasteiger charge is -2.30. The predicted molar refractivity (Wildman–Crippen MR) is 122 cm³/mol. The lowest BCUT2D eigenvalue weighted by molar-refractivity contribution is 0.0901. The Bertz CT molecular complexity index is 1090. The van der Waals surface area contributed by atoms with E-state index in [4.69, 9.17) is 30.8 Å². The second-order valence-corrected chi connectivity index (χ2v) is 8.51. The minimum absolute atomic E-state index is 0.220. The minimum atomic E-state index is -0.801. The van der Waals surface area contributed by atoms with Crippen LogP contribution in [0.25, 0.3) is 0 Å². The summed E-state index contributed by atoms with van der Waals surface area (Å²) in [4.78, 5) is 24.3. The van der Waals surface area contributed by atoms with Gasteiger partial charge in [0.15, 0.2) is 5.69 Å². The van der Waals surface area contributed by atoms with Crippen molar-refractivity contribution in [3.05, 3.63) is 58.6 Å². The molecule has 2 N–H and O–H groups in total. The summed E-state index contributed by atoms with van der Waals surface area (Å²) in [6.07, 6.45) is 0. The third-order valence-corrected chi connectivity index (χ3v) is 5.30. The number of rotatable bonds is 6. The minimum Gasteiger partial charge on any atom is -0.378 e. The van der Waals surface area contributed by atoms with Gasteiger partial charge in [-0.2, -0.15) is 4.98 Å². The molecule has 0 bridgehead atoms. The normalized spacial score (nSPS) is 14.3. The lowest BCUT2D eigenvalue weighted by atomic mass is 9.99. The molecule has 0 spiro atoms. The summed E-state index contributed by atoms with van der Waals surface area (Å²) in [5, 5.41) is 10.7. The molecule has 32 heavy (non-hydrogen) atoms. The topological polar surface area (TPSA) is 105 Å². The first kappa shape index (κ1) is 22.0. The van der Waals surface area contributed by atoms with Crippen molar-refractivity contribution in [2.45, 2.75) is 26.3 Å². The summed E-state index contributed by atoms with van der Waals surface area (Å²) < 4.78 is 10.5. The Labute approximate surface area is 191 Å². The highest BCUT2D eigenvalue weighted by atomic mass is 35.5. The number of ether oxygens (including phenoxy) is 1. The van der Waals surface area contributed by atoms with Gasteiger partial charge >= 0.3 is 0 Å². The van der Waals surface area contributed by atoms with Crippen LogP contribution < -0.4 is 15.5 Å². The number of hydrogen-bond acceptors (Lipinski definition) is 8. The number of halogens is 1. The molecule has 4 rings (SSSR count). The van der Waals surface area contributed by atoms with Gasteiger partial charge in [0, 0.05) is 35.9 Å². The number of aromatic nitrogens is 3. The van der Waals surface area contributed by atoms with Gasteiger partial charge in [0.1, 0.15) is 11.6 Å². The summed E-state index contributed by atoms with van der Waals surface area (Å²) in [5.41, 5.74) is 0.910. The Morgan fingerprint density at radius 2 is 1.84 bits per heavy atom. The van der Waals surface area contributed by atoms with Crippen LogP contribution in [0.15, 0.2) is 40.9 Å². The predicted octanol–water partition coefficient (Wildman–Crippen LogP) is 3.67. The first-order chi connectivity index (χ1) is 15.3. The van der Waals surface area contributed by atoms with Crippen molar-refractivity contribution < 1.29 is 14.1 Å². The van der Waals surface area contributed by atoms with E-state index in [1.165, 1.54) is 0 Å². The van der Waals surface area contributed by atoms with Gasteiger partial charge in [-0.05, 0) is 45.0 Å². The van der Waals surface area contributed by atoms with E-state index < -0.39 is 5.54 Å². The zero-order chi connectivity index (χ0) is 22.7. The first-order valence-electron chi connectivity index (χ1n) is 10.3. The fraction of sp³-hybridized carbons (Fsp3) is 0.364. The molecule has 1 fully saturated rings. The molecule has 168 valence electrons. The van der Waals surface area contributed by atoms with Crippen LogP contribution in [-0.4, -0.2) is 47.3 Å². The summed E-state index contributed by atoms with van der Waals surface area (Å²) >= 11 is 6.00. The Hall–Kier alpha value is -3.17. The number of aryl methyl sites for hydroxylation is 1. The van der Waals surface area contributed by atoms with Crippen LogP contribution in [0.1, 0.15) is 35.8 Å². The molecule has 0 unspecified atom stereocenters. The molecule has 1 aliphatic rings. The number of benzene rings is 1. The number of carbonyl (C=O) groups is 1. The van der Waals surface area contributed by atoms with E-state index in [2.05, 4.69) is 20.7 Å². The van der Waals surface area contributed by atoms with E-state index in [9.17, 15) is 4.79 Å². The van der Waals surface area contributed by atoms with E-state index in [0.717, 1.165) is 5.69 Å². The van der Waals surface area contributed by atoms with Crippen LogP contribution in [0.4, 0.5) is 17.5 Å². The van der Waals surface area contributed by atoms with Crippen molar-refractivity contribution in [1.29, 1.82) is 0 Å². The number of amides is 1. The molecule has 3 aromatic rings. The second kappa shape index (κ2) is 9.13. The largest absolute Gasteiger partial charge is 0.378 e. The molecular formula is C22H25ClN6O3. The molecule has 0 aliphatic carbocycles. The molecule has 2 aromatic heterocycles. The summed E-state index contributed by atoms with van der Waals surface area (Å²) in [6.45, 7) is 8.11. The van der Waals surface area contributed by atoms with E-state index in [1.54, 1.807) is 25.1 Å². The second-order valence-electron chi connectivity index (χ2n) is 8.07. The van der Waals surface area contributed by atoms with Gasteiger partial charge in [-0.3, -0.25) is 4.79 Å². The number of nitrogens with one attached hydrogen (secondary N) is 2. The number of nitrogens with zero attached hydrogens (tertiary/aromatic N) is 4. The standard InChI is InChI=1S/C22H25ClN6O3/c1-14-12-17(28-32-14)20(30)27-22(2,3)18-13-19(24-16-6-4-15(23)5-7-16)26-21(25-18)29-8-10-31-11-9-29/h4-7,12-13H,8-11H2,1-3H3,(H,27,30)(H,24,25,26). The van der Waals surface area contributed by atoms with Gasteiger partial charge < -0.3 is 24.8 Å². The fourth-order valence-corrected chi connectivity index (χ4v) is 3.42. The van der Waals surface area contributed by atoms with Crippen molar-refractivity contribution in [3.63, 3.8) is 0 Å². The maximum Gasteiger partial charge on any atom is 0.274 e. The number of anilines is 3. The van der Waals surface area contributed by atoms with E-state index >= 15 is 0 Å². The molecular weight excluding hydrogens is 432 g/mol. The number of morpholine rings is 1. The summed E-state index contributed by atoms with van der Waals surface area (Å²) in [6, 6.07) is 10.8. The van der Waals surface area contributed by atoms with Crippen LogP contribution >= 0.6 is 11.6 Å². The highest BCUT2D eigenvalue weighted by Gasteiger charge is 2.29. The van der Waals surface area contributed by atoms with Crippen molar-refractivity contribution >= 4 is 35.0 Å². The SMILES string of the molecule is Cc1cc(C(=O)NC(C)(C)c2cc(Nc3ccc(Cl)cc3)nc(N3CCOCC3)n2)no1.